The zero-order valence-corrected chi connectivity index (χ0v) is 25.5. The summed E-state index contributed by atoms with van der Waals surface area (Å²) in [6.07, 6.45) is -6.08. The van der Waals surface area contributed by atoms with E-state index in [1.165, 1.54) is 31.1 Å². The van der Waals surface area contributed by atoms with Crippen molar-refractivity contribution in [3.05, 3.63) is 63.9 Å². The number of aliphatic hydroxyl groups excluding tert-OH is 2. The van der Waals surface area contributed by atoms with E-state index in [1.807, 2.05) is 0 Å². The molecular formula is C31H31F3N4O9. The van der Waals surface area contributed by atoms with Crippen LogP contribution in [0.3, 0.4) is 0 Å². The first-order valence-electron chi connectivity index (χ1n) is 14.2. The van der Waals surface area contributed by atoms with E-state index in [9.17, 15) is 52.8 Å². The van der Waals surface area contributed by atoms with Crippen LogP contribution >= 0.6 is 0 Å². The molecule has 0 saturated heterocycles. The lowest BCUT2D eigenvalue weighted by Gasteiger charge is -2.50. The second-order valence-electron chi connectivity index (χ2n) is 12.0. The van der Waals surface area contributed by atoms with Crippen LogP contribution in [0.2, 0.25) is 0 Å². The number of anilines is 2. The number of amides is 2. The van der Waals surface area contributed by atoms with E-state index >= 15 is 0 Å². The number of phenols is 1. The predicted octanol–water partition coefficient (Wildman–Crippen LogP) is 2.18. The third-order valence-corrected chi connectivity index (χ3v) is 8.78. The van der Waals surface area contributed by atoms with Crippen LogP contribution in [-0.2, 0) is 20.8 Å². The monoisotopic (exact) mass is 660 g/mol. The predicted molar refractivity (Wildman–Crippen MR) is 160 cm³/mol. The molecule has 1 fully saturated rings. The second kappa shape index (κ2) is 11.3. The standard InChI is InChI=1S/C31H31F3N4O9/c1-37(2)14-7-5-6-12(8-14)29(45)36-17-11-18(47-31(32,33)34)15-9-13-10-16-22(38(3)4)25(41)21(28(35)44)27(43)30(16,46)26(42)19(13)24(40)20(15)23(17)39/h5-8,11,13,16,22,39-40,43,46H,9-10H2,1-4H3,(H2,35,44)(H,36,45)/t13-,16-,22-,30-/m0/s1. The Morgan fingerprint density at radius 3 is 2.32 bits per heavy atom. The first-order valence-corrected chi connectivity index (χ1v) is 14.2. The Bertz CT molecular complexity index is 1800. The van der Waals surface area contributed by atoms with Crippen LogP contribution in [0, 0.1) is 11.8 Å². The number of carbonyl (C=O) groups is 4. The molecule has 250 valence electrons. The first kappa shape index (κ1) is 33.3. The summed E-state index contributed by atoms with van der Waals surface area (Å²) in [6, 6.07) is 5.51. The molecule has 3 aliphatic rings. The summed E-state index contributed by atoms with van der Waals surface area (Å²) in [7, 11) is 6.26. The van der Waals surface area contributed by atoms with Gasteiger partial charge in [-0.3, -0.25) is 24.1 Å². The molecule has 47 heavy (non-hydrogen) atoms. The number of likely N-dealkylation sites (N-methyl/N-ethyl adjacent to an activating group) is 1. The van der Waals surface area contributed by atoms with Gasteiger partial charge in [-0.25, -0.2) is 0 Å². The highest BCUT2D eigenvalue weighted by Crippen LogP contribution is 2.55. The number of Topliss-reactive ketones (excluding diaryl/α,β-unsaturated/α-hetero) is 2. The molecule has 3 aliphatic carbocycles. The lowest BCUT2D eigenvalue weighted by Crippen LogP contribution is -2.65. The third-order valence-electron chi connectivity index (χ3n) is 8.78. The Kier molecular flexibility index (Phi) is 8.01. The lowest BCUT2D eigenvalue weighted by atomic mass is 9.57. The Balaban J connectivity index is 1.69. The minimum absolute atomic E-state index is 0.0692. The van der Waals surface area contributed by atoms with Crippen molar-refractivity contribution in [3.8, 4) is 11.5 Å². The number of ketones is 2. The van der Waals surface area contributed by atoms with Crippen molar-refractivity contribution in [2.45, 2.75) is 30.8 Å². The molecule has 0 bridgehead atoms. The van der Waals surface area contributed by atoms with Gasteiger partial charge in [0.2, 0.25) is 5.78 Å². The van der Waals surface area contributed by atoms with Crippen LogP contribution in [0.25, 0.3) is 5.76 Å². The number of fused-ring (bicyclic) bond motifs is 3. The summed E-state index contributed by atoms with van der Waals surface area (Å²) in [5.74, 6) is -11.4. The van der Waals surface area contributed by atoms with Crippen molar-refractivity contribution in [1.82, 2.24) is 4.90 Å². The average Bonchev–Trinajstić information content (AvgIpc) is 2.96. The van der Waals surface area contributed by atoms with Crippen molar-refractivity contribution in [2.75, 3.05) is 38.4 Å². The van der Waals surface area contributed by atoms with Crippen LogP contribution in [0.1, 0.15) is 27.9 Å². The van der Waals surface area contributed by atoms with Crippen molar-refractivity contribution < 1.29 is 57.5 Å². The Hall–Kier alpha value is -5.09. The van der Waals surface area contributed by atoms with Crippen LogP contribution in [0.15, 0.2) is 47.2 Å². The van der Waals surface area contributed by atoms with Crippen molar-refractivity contribution >= 4 is 40.5 Å². The molecule has 0 radical (unpaired) electrons. The van der Waals surface area contributed by atoms with Gasteiger partial charge in [0.15, 0.2) is 17.1 Å². The van der Waals surface area contributed by atoms with Gasteiger partial charge >= 0.3 is 6.36 Å². The minimum atomic E-state index is -5.26. The Morgan fingerprint density at radius 2 is 1.74 bits per heavy atom. The number of nitrogens with two attached hydrogens (primary N) is 1. The van der Waals surface area contributed by atoms with Gasteiger partial charge < -0.3 is 41.1 Å². The van der Waals surface area contributed by atoms with E-state index < -0.39 is 105 Å². The molecule has 0 spiro atoms. The van der Waals surface area contributed by atoms with Gasteiger partial charge in [0.05, 0.1) is 17.3 Å². The number of halogens is 3. The number of aliphatic hydroxyl groups is 3. The van der Waals surface area contributed by atoms with Crippen molar-refractivity contribution in [3.63, 3.8) is 0 Å². The zero-order chi connectivity index (χ0) is 34.9. The number of primary amides is 1. The maximum Gasteiger partial charge on any atom is 0.573 e. The van der Waals surface area contributed by atoms with E-state index in [0.29, 0.717) is 5.69 Å². The van der Waals surface area contributed by atoms with E-state index in [2.05, 4.69) is 10.1 Å². The molecular weight excluding hydrogens is 629 g/mol. The molecule has 13 nitrogen and oxygen atoms in total. The maximum atomic E-state index is 14.0. The fraction of sp³-hybridized carbons (Fsp3) is 0.355. The number of nitrogens with one attached hydrogen (secondary N) is 1. The Labute approximate surface area is 265 Å². The molecule has 16 heteroatoms. The van der Waals surface area contributed by atoms with Crippen LogP contribution in [0.5, 0.6) is 11.5 Å². The topological polar surface area (TPSA) is 203 Å². The number of aromatic hydroxyl groups is 1. The highest BCUT2D eigenvalue weighted by molar-refractivity contribution is 6.24. The second-order valence-corrected chi connectivity index (χ2v) is 12.0. The lowest BCUT2D eigenvalue weighted by molar-refractivity contribution is -0.275. The summed E-state index contributed by atoms with van der Waals surface area (Å²) in [5, 5.41) is 47.7. The van der Waals surface area contributed by atoms with Gasteiger partial charge in [-0.15, -0.1) is 13.2 Å². The molecule has 1 saturated carbocycles. The van der Waals surface area contributed by atoms with E-state index in [-0.39, 0.29) is 17.5 Å². The van der Waals surface area contributed by atoms with E-state index in [4.69, 9.17) is 5.73 Å². The first-order chi connectivity index (χ1) is 21.8. The summed E-state index contributed by atoms with van der Waals surface area (Å²) in [5.41, 5.74) is -0.236. The van der Waals surface area contributed by atoms with Gasteiger partial charge in [-0.2, -0.15) is 0 Å². The molecule has 0 aromatic heterocycles. The molecule has 2 aromatic rings. The summed E-state index contributed by atoms with van der Waals surface area (Å²) in [4.78, 5) is 55.5. The number of ether oxygens (including phenoxy) is 1. The highest BCUT2D eigenvalue weighted by Gasteiger charge is 2.64. The van der Waals surface area contributed by atoms with E-state index in [1.54, 1.807) is 31.1 Å². The number of hydrogen-bond donors (Lipinski definition) is 6. The number of carbonyl (C=O) groups excluding carboxylic acids is 4. The van der Waals surface area contributed by atoms with Crippen LogP contribution in [0.4, 0.5) is 24.5 Å². The summed E-state index contributed by atoms with van der Waals surface area (Å²) in [6.45, 7) is 0. The van der Waals surface area contributed by atoms with Crippen molar-refractivity contribution in [2.24, 2.45) is 17.6 Å². The molecule has 2 amide bonds. The molecule has 2 aromatic carbocycles. The number of phenolic OH excluding ortho intramolecular Hbond substituents is 1. The smallest absolute Gasteiger partial charge is 0.508 e. The molecule has 0 unspecified atom stereocenters. The normalized spacial score (nSPS) is 24.1. The average molecular weight is 661 g/mol. The molecule has 0 aliphatic heterocycles. The minimum Gasteiger partial charge on any atom is -0.508 e. The van der Waals surface area contributed by atoms with Crippen LogP contribution in [-0.4, -0.2) is 94.9 Å². The van der Waals surface area contributed by atoms with Gasteiger partial charge in [0, 0.05) is 48.5 Å². The number of hydrogen-bond acceptors (Lipinski definition) is 11. The molecule has 0 heterocycles. The van der Waals surface area contributed by atoms with Crippen LogP contribution < -0.4 is 20.7 Å². The number of benzene rings is 2. The molecule has 4 atom stereocenters. The largest absolute Gasteiger partial charge is 0.573 e. The van der Waals surface area contributed by atoms with Gasteiger partial charge in [-0.05, 0) is 51.1 Å². The molecule has 7 N–H and O–H groups in total. The maximum absolute atomic E-state index is 14.0. The SMILES string of the molecule is CN(C)c1cccc(C(=O)Nc2cc(OC(F)(F)F)c3c(c2O)C(O)=C2C(=O)[C@]4(O)C(O)=C(C(N)=O)C(=O)[C@@H](N(C)C)[C@@H]4C[C@@H]2C3)c1. The third kappa shape index (κ3) is 5.32. The fourth-order valence-corrected chi connectivity index (χ4v) is 6.71. The zero-order valence-electron chi connectivity index (χ0n) is 25.5. The van der Waals surface area contributed by atoms with Crippen molar-refractivity contribution in [1.29, 1.82) is 0 Å². The Morgan fingerprint density at radius 1 is 1.09 bits per heavy atom. The number of alkyl halides is 3. The van der Waals surface area contributed by atoms with E-state index in [0.717, 1.165) is 6.07 Å². The summed E-state index contributed by atoms with van der Waals surface area (Å²) < 4.78 is 45.1. The molecule has 5 rings (SSSR count). The quantitative estimate of drug-likeness (QED) is 0.196. The highest BCUT2D eigenvalue weighted by atomic mass is 19.4. The van der Waals surface area contributed by atoms with Gasteiger partial charge in [0.25, 0.3) is 11.8 Å². The van der Waals surface area contributed by atoms with Gasteiger partial charge in [0.1, 0.15) is 22.8 Å². The van der Waals surface area contributed by atoms with Gasteiger partial charge in [-0.1, -0.05) is 6.07 Å². The number of nitrogens with zero attached hydrogens (tertiary/aromatic N) is 2. The number of rotatable bonds is 6. The fourth-order valence-electron chi connectivity index (χ4n) is 6.71. The summed E-state index contributed by atoms with van der Waals surface area (Å²) >= 11 is 0.